The van der Waals surface area contributed by atoms with E-state index < -0.39 is 36.3 Å². The van der Waals surface area contributed by atoms with Gasteiger partial charge in [0.25, 0.3) is 17.7 Å². The molecule has 10 nitrogen and oxygen atoms in total. The van der Waals surface area contributed by atoms with Crippen molar-refractivity contribution in [2.45, 2.75) is 33.7 Å². The molecule has 0 fully saturated rings. The number of nitrogens with zero attached hydrogens (tertiary/aromatic N) is 1. The van der Waals surface area contributed by atoms with Crippen molar-refractivity contribution in [2.75, 3.05) is 24.6 Å². The highest BCUT2D eigenvalue weighted by Crippen LogP contribution is 2.14. The third-order valence-corrected chi connectivity index (χ3v) is 4.87. The molecule has 0 aliphatic rings. The number of esters is 1. The topological polar surface area (TPSA) is 130 Å². The quantitative estimate of drug-likeness (QED) is 0.366. The molecule has 1 aromatic heterocycles. The van der Waals surface area contributed by atoms with Crippen LogP contribution in [0, 0.1) is 5.92 Å². The van der Waals surface area contributed by atoms with Crippen molar-refractivity contribution in [1.82, 2.24) is 16.2 Å². The Kier molecular flexibility index (Phi) is 9.46. The fourth-order valence-corrected chi connectivity index (χ4v) is 2.99. The van der Waals surface area contributed by atoms with Crippen LogP contribution in [0.25, 0.3) is 0 Å². The van der Waals surface area contributed by atoms with E-state index in [0.29, 0.717) is 5.56 Å². The largest absolute Gasteiger partial charge is 0.459 e. The number of ether oxygens (including phenoxy) is 1. The summed E-state index contributed by atoms with van der Waals surface area (Å²) in [4.78, 5) is 50.8. The van der Waals surface area contributed by atoms with Crippen LogP contribution in [0.4, 0.5) is 5.69 Å². The molecule has 3 N–H and O–H groups in total. The van der Waals surface area contributed by atoms with E-state index in [2.05, 4.69) is 21.1 Å². The Labute approximate surface area is 192 Å². The first-order valence-corrected chi connectivity index (χ1v) is 10.7. The minimum atomic E-state index is -0.977. The predicted molar refractivity (Wildman–Crippen MR) is 121 cm³/mol. The molecule has 1 atom stereocenters. The second-order valence-electron chi connectivity index (χ2n) is 7.50. The third-order valence-electron chi connectivity index (χ3n) is 4.87. The third kappa shape index (κ3) is 7.37. The average Bonchev–Trinajstić information content (AvgIpc) is 3.35. The number of furan rings is 1. The van der Waals surface area contributed by atoms with E-state index in [0.717, 1.165) is 18.8 Å². The second-order valence-corrected chi connectivity index (χ2v) is 7.50. The first-order valence-electron chi connectivity index (χ1n) is 10.7. The lowest BCUT2D eigenvalue weighted by molar-refractivity contribution is -0.151. The summed E-state index contributed by atoms with van der Waals surface area (Å²) in [6.45, 7) is 8.61. The fraction of sp³-hybridized carbons (Fsp3) is 0.391. The molecule has 0 saturated carbocycles. The van der Waals surface area contributed by atoms with Gasteiger partial charge in [0.15, 0.2) is 12.4 Å². The number of carbonyl (C=O) groups is 4. The molecule has 0 spiro atoms. The van der Waals surface area contributed by atoms with Crippen molar-refractivity contribution in [2.24, 2.45) is 5.92 Å². The second kappa shape index (κ2) is 12.3. The van der Waals surface area contributed by atoms with Gasteiger partial charge in [-0.2, -0.15) is 0 Å². The van der Waals surface area contributed by atoms with E-state index in [-0.39, 0.29) is 11.7 Å². The Morgan fingerprint density at radius 2 is 1.64 bits per heavy atom. The lowest BCUT2D eigenvalue weighted by Gasteiger charge is -2.21. The van der Waals surface area contributed by atoms with E-state index in [4.69, 9.17) is 9.15 Å². The van der Waals surface area contributed by atoms with Crippen molar-refractivity contribution in [3.05, 3.63) is 54.0 Å². The van der Waals surface area contributed by atoms with Crippen LogP contribution in [0.15, 0.2) is 47.1 Å². The van der Waals surface area contributed by atoms with Crippen LogP contribution in [-0.4, -0.2) is 49.4 Å². The lowest BCUT2D eigenvalue weighted by atomic mass is 10.0. The fourth-order valence-electron chi connectivity index (χ4n) is 2.99. The number of rotatable bonds is 10. The van der Waals surface area contributed by atoms with Crippen LogP contribution in [-0.2, 0) is 14.3 Å². The minimum Gasteiger partial charge on any atom is -0.459 e. The summed E-state index contributed by atoms with van der Waals surface area (Å²) in [5.41, 5.74) is 5.83. The minimum absolute atomic E-state index is 0.0547. The molecular weight excluding hydrogens is 428 g/mol. The van der Waals surface area contributed by atoms with Gasteiger partial charge in [0.2, 0.25) is 0 Å². The molecule has 1 aromatic carbocycles. The van der Waals surface area contributed by atoms with Gasteiger partial charge in [-0.1, -0.05) is 13.8 Å². The average molecular weight is 459 g/mol. The molecule has 3 amide bonds. The maximum atomic E-state index is 12.4. The van der Waals surface area contributed by atoms with Crippen molar-refractivity contribution in [1.29, 1.82) is 0 Å². The van der Waals surface area contributed by atoms with Gasteiger partial charge in [-0.25, -0.2) is 4.79 Å². The van der Waals surface area contributed by atoms with Gasteiger partial charge < -0.3 is 19.4 Å². The Morgan fingerprint density at radius 1 is 0.970 bits per heavy atom. The molecule has 178 valence electrons. The molecule has 1 heterocycles. The number of anilines is 1. The van der Waals surface area contributed by atoms with Gasteiger partial charge in [0, 0.05) is 24.3 Å². The van der Waals surface area contributed by atoms with Crippen LogP contribution in [0.2, 0.25) is 0 Å². The maximum Gasteiger partial charge on any atom is 0.329 e. The van der Waals surface area contributed by atoms with Crippen LogP contribution < -0.4 is 21.1 Å². The summed E-state index contributed by atoms with van der Waals surface area (Å²) in [6.07, 6.45) is 1.34. The monoisotopic (exact) mass is 458 g/mol. The number of nitrogens with one attached hydrogen (secondary N) is 3. The number of carbonyl (C=O) groups excluding carboxylic acids is 4. The Hall–Kier alpha value is -3.82. The molecule has 0 unspecified atom stereocenters. The number of hydrazine groups is 1. The summed E-state index contributed by atoms with van der Waals surface area (Å²) in [7, 11) is 0. The van der Waals surface area contributed by atoms with E-state index >= 15 is 0 Å². The van der Waals surface area contributed by atoms with Gasteiger partial charge >= 0.3 is 5.97 Å². The van der Waals surface area contributed by atoms with Gasteiger partial charge in [-0.05, 0) is 56.2 Å². The summed E-state index contributed by atoms with van der Waals surface area (Å²) in [5, 5.41) is 2.52. The van der Waals surface area contributed by atoms with Gasteiger partial charge in [-0.15, -0.1) is 0 Å². The molecule has 33 heavy (non-hydrogen) atoms. The summed E-state index contributed by atoms with van der Waals surface area (Å²) in [5.74, 6) is -2.82. The van der Waals surface area contributed by atoms with E-state index in [1.807, 2.05) is 26.0 Å². The van der Waals surface area contributed by atoms with Crippen LogP contribution >= 0.6 is 0 Å². The molecule has 0 saturated heterocycles. The lowest BCUT2D eigenvalue weighted by Crippen LogP contribution is -2.47. The van der Waals surface area contributed by atoms with Crippen molar-refractivity contribution >= 4 is 29.4 Å². The summed E-state index contributed by atoms with van der Waals surface area (Å²) >= 11 is 0. The van der Waals surface area contributed by atoms with Gasteiger partial charge in [0.1, 0.15) is 6.04 Å². The van der Waals surface area contributed by atoms with Crippen LogP contribution in [0.1, 0.15) is 48.6 Å². The summed E-state index contributed by atoms with van der Waals surface area (Å²) < 4.78 is 10.0. The Morgan fingerprint density at radius 3 is 2.18 bits per heavy atom. The number of benzene rings is 1. The molecular formula is C23H30N4O6. The molecule has 0 bridgehead atoms. The molecule has 0 radical (unpaired) electrons. The number of amides is 3. The van der Waals surface area contributed by atoms with Crippen molar-refractivity contribution < 1.29 is 28.3 Å². The van der Waals surface area contributed by atoms with Crippen molar-refractivity contribution in [3.8, 4) is 0 Å². The predicted octanol–water partition coefficient (Wildman–Crippen LogP) is 1.88. The number of hydrogen-bond acceptors (Lipinski definition) is 7. The zero-order chi connectivity index (χ0) is 24.4. The van der Waals surface area contributed by atoms with Crippen LogP contribution in [0.5, 0.6) is 0 Å². The smallest absolute Gasteiger partial charge is 0.329 e. The SMILES string of the molecule is CCN(CC)c1ccc(C(=O)NNC(=O)COC(=O)[C@@H](NC(=O)c2ccco2)C(C)C)cc1. The first kappa shape index (κ1) is 25.4. The molecule has 0 aliphatic carbocycles. The molecule has 2 rings (SSSR count). The number of hydrogen-bond donors (Lipinski definition) is 3. The normalized spacial score (nSPS) is 11.4. The zero-order valence-corrected chi connectivity index (χ0v) is 19.2. The van der Waals surface area contributed by atoms with E-state index in [1.54, 1.807) is 32.0 Å². The molecule has 10 heteroatoms. The molecule has 2 aromatic rings. The van der Waals surface area contributed by atoms with E-state index in [9.17, 15) is 19.2 Å². The van der Waals surface area contributed by atoms with Gasteiger partial charge in [0.05, 0.1) is 6.26 Å². The highest BCUT2D eigenvalue weighted by Gasteiger charge is 2.27. The summed E-state index contributed by atoms with van der Waals surface area (Å²) in [6, 6.07) is 9.01. The Bertz CT molecular complexity index is 936. The molecule has 0 aliphatic heterocycles. The van der Waals surface area contributed by atoms with Crippen LogP contribution in [0.3, 0.4) is 0 Å². The van der Waals surface area contributed by atoms with E-state index in [1.165, 1.54) is 12.3 Å². The first-order chi connectivity index (χ1) is 15.8. The highest BCUT2D eigenvalue weighted by molar-refractivity contribution is 5.96. The Balaban J connectivity index is 1.81. The standard InChI is InChI=1S/C23H30N4O6/c1-5-27(6-2)17-11-9-16(10-12-17)21(29)26-25-19(28)14-33-23(31)20(15(3)4)24-22(30)18-8-7-13-32-18/h7-13,15,20H,5-6,14H2,1-4H3,(H,24,30)(H,25,28)(H,26,29)/t20-/m0/s1. The highest BCUT2D eigenvalue weighted by atomic mass is 16.5. The van der Waals surface area contributed by atoms with Crippen molar-refractivity contribution in [3.63, 3.8) is 0 Å². The van der Waals surface area contributed by atoms with Gasteiger partial charge in [-0.3, -0.25) is 25.2 Å². The maximum absolute atomic E-state index is 12.4. The zero-order valence-electron chi connectivity index (χ0n) is 19.2.